The van der Waals surface area contributed by atoms with Gasteiger partial charge in [-0.05, 0) is 48.9 Å². The van der Waals surface area contributed by atoms with Gasteiger partial charge in [0.15, 0.2) is 0 Å². The highest BCUT2D eigenvalue weighted by Crippen LogP contribution is 2.31. The number of hydrogen-bond acceptors (Lipinski definition) is 4. The molecule has 2 heterocycles. The first-order valence-electron chi connectivity index (χ1n) is 9.76. The molecule has 2 saturated heterocycles. The first kappa shape index (κ1) is 20.8. The Hall–Kier alpha value is -1.93. The largest absolute Gasteiger partial charge is 0.354 e. The van der Waals surface area contributed by atoms with Crippen LogP contribution < -0.4 is 5.32 Å². The van der Waals surface area contributed by atoms with Gasteiger partial charge in [-0.1, -0.05) is 20.8 Å². The van der Waals surface area contributed by atoms with Crippen LogP contribution in [0.3, 0.4) is 0 Å². The van der Waals surface area contributed by atoms with Gasteiger partial charge >= 0.3 is 0 Å². The summed E-state index contributed by atoms with van der Waals surface area (Å²) in [6.07, 6.45) is 2.95. The molecule has 7 nitrogen and oxygen atoms in total. The number of piperazine rings is 1. The van der Waals surface area contributed by atoms with E-state index in [0.717, 1.165) is 25.8 Å². The summed E-state index contributed by atoms with van der Waals surface area (Å²) in [4.78, 5) is 26.5. The van der Waals surface area contributed by atoms with Gasteiger partial charge in [0.1, 0.15) is 0 Å². The topological polar surface area (TPSA) is 86.8 Å². The standard InChI is InChI=1S/C20H29N3O4S/c1-20(2,3)13-16-5-4-11-23(16)19(25)15-6-8-17(9-7-15)28(26,27)22-12-10-21-18(24)14-22/h6-9,16H,4-5,10-14H2,1-3H3,(H,21,24). The maximum absolute atomic E-state index is 13.0. The monoisotopic (exact) mass is 407 g/mol. The van der Waals surface area contributed by atoms with Crippen LogP contribution in [0.4, 0.5) is 0 Å². The Morgan fingerprint density at radius 1 is 1.18 bits per heavy atom. The first-order valence-corrected chi connectivity index (χ1v) is 11.2. The number of nitrogens with zero attached hydrogens (tertiary/aromatic N) is 2. The molecule has 8 heteroatoms. The highest BCUT2D eigenvalue weighted by Gasteiger charge is 2.33. The fraction of sp³-hybridized carbons (Fsp3) is 0.600. The number of sulfonamides is 1. The predicted octanol–water partition coefficient (Wildman–Crippen LogP) is 1.85. The molecule has 1 N–H and O–H groups in total. The molecule has 0 saturated carbocycles. The summed E-state index contributed by atoms with van der Waals surface area (Å²) in [7, 11) is -3.74. The van der Waals surface area contributed by atoms with Crippen LogP contribution in [0.15, 0.2) is 29.2 Å². The number of hydrogen-bond donors (Lipinski definition) is 1. The highest BCUT2D eigenvalue weighted by atomic mass is 32.2. The number of rotatable bonds is 4. The molecule has 1 aromatic carbocycles. The third-order valence-corrected chi connectivity index (χ3v) is 7.09. The molecule has 0 radical (unpaired) electrons. The van der Waals surface area contributed by atoms with Crippen molar-refractivity contribution < 1.29 is 18.0 Å². The maximum atomic E-state index is 13.0. The van der Waals surface area contributed by atoms with Gasteiger partial charge in [-0.25, -0.2) is 8.42 Å². The average Bonchev–Trinajstić information content (AvgIpc) is 3.07. The molecular weight excluding hydrogens is 378 g/mol. The van der Waals surface area contributed by atoms with E-state index in [1.807, 2.05) is 4.90 Å². The van der Waals surface area contributed by atoms with Crippen molar-refractivity contribution in [1.29, 1.82) is 0 Å². The third kappa shape index (κ3) is 4.55. The first-order chi connectivity index (χ1) is 13.1. The van der Waals surface area contributed by atoms with Crippen LogP contribution in [-0.2, 0) is 14.8 Å². The Morgan fingerprint density at radius 2 is 1.86 bits per heavy atom. The molecule has 3 rings (SSSR count). The number of carbonyl (C=O) groups is 2. The second-order valence-electron chi connectivity index (χ2n) is 8.77. The van der Waals surface area contributed by atoms with Crippen molar-refractivity contribution in [2.45, 2.75) is 51.0 Å². The van der Waals surface area contributed by atoms with Crippen molar-refractivity contribution in [3.8, 4) is 0 Å². The lowest BCUT2D eigenvalue weighted by Crippen LogP contribution is -2.49. The summed E-state index contributed by atoms with van der Waals surface area (Å²) in [6, 6.07) is 6.30. The van der Waals surface area contributed by atoms with Crippen LogP contribution in [0.1, 0.15) is 50.4 Å². The zero-order valence-electron chi connectivity index (χ0n) is 16.8. The number of amides is 2. The molecule has 154 valence electrons. The SMILES string of the molecule is CC(C)(C)CC1CCCN1C(=O)c1ccc(S(=O)(=O)N2CCNC(=O)C2)cc1. The quantitative estimate of drug-likeness (QED) is 0.825. The van der Waals surface area contributed by atoms with Gasteiger partial charge in [-0.15, -0.1) is 0 Å². The van der Waals surface area contributed by atoms with E-state index in [0.29, 0.717) is 12.1 Å². The van der Waals surface area contributed by atoms with Crippen molar-refractivity contribution in [2.75, 3.05) is 26.2 Å². The van der Waals surface area contributed by atoms with Gasteiger partial charge < -0.3 is 10.2 Å². The third-order valence-electron chi connectivity index (χ3n) is 5.23. The van der Waals surface area contributed by atoms with E-state index >= 15 is 0 Å². The van der Waals surface area contributed by atoms with Crippen molar-refractivity contribution in [2.24, 2.45) is 5.41 Å². The maximum Gasteiger partial charge on any atom is 0.254 e. The van der Waals surface area contributed by atoms with Crippen molar-refractivity contribution in [1.82, 2.24) is 14.5 Å². The Morgan fingerprint density at radius 3 is 2.46 bits per heavy atom. The minimum atomic E-state index is -3.74. The average molecular weight is 408 g/mol. The fourth-order valence-corrected chi connectivity index (χ4v) is 5.32. The number of carbonyl (C=O) groups excluding carboxylic acids is 2. The summed E-state index contributed by atoms with van der Waals surface area (Å²) < 4.78 is 26.6. The number of nitrogens with one attached hydrogen (secondary N) is 1. The Balaban J connectivity index is 1.75. The normalized spacial score (nSPS) is 21.6. The lowest BCUT2D eigenvalue weighted by molar-refractivity contribution is -0.122. The molecule has 2 amide bonds. The molecule has 0 bridgehead atoms. The minimum Gasteiger partial charge on any atom is -0.354 e. The van der Waals surface area contributed by atoms with Gasteiger partial charge in [0.25, 0.3) is 5.91 Å². The van der Waals surface area contributed by atoms with Gasteiger partial charge in [0, 0.05) is 31.2 Å². The molecule has 1 atom stereocenters. The molecule has 1 unspecified atom stereocenters. The minimum absolute atomic E-state index is 0.0481. The summed E-state index contributed by atoms with van der Waals surface area (Å²) in [6.45, 7) is 7.64. The van der Waals surface area contributed by atoms with Crippen LogP contribution in [0, 0.1) is 5.41 Å². The van der Waals surface area contributed by atoms with E-state index < -0.39 is 10.0 Å². The summed E-state index contributed by atoms with van der Waals surface area (Å²) in [5.74, 6) is -0.353. The van der Waals surface area contributed by atoms with Gasteiger partial charge in [-0.2, -0.15) is 4.31 Å². The van der Waals surface area contributed by atoms with Gasteiger partial charge in [-0.3, -0.25) is 9.59 Å². The second-order valence-corrected chi connectivity index (χ2v) is 10.7. The molecule has 2 fully saturated rings. The molecule has 28 heavy (non-hydrogen) atoms. The highest BCUT2D eigenvalue weighted by molar-refractivity contribution is 7.89. The molecule has 0 aromatic heterocycles. The number of likely N-dealkylation sites (tertiary alicyclic amines) is 1. The summed E-state index contributed by atoms with van der Waals surface area (Å²) in [5.41, 5.74) is 0.641. The van der Waals surface area contributed by atoms with Crippen LogP contribution in [-0.4, -0.2) is 61.7 Å². The van der Waals surface area contributed by atoms with Crippen LogP contribution in [0.5, 0.6) is 0 Å². The molecular formula is C20H29N3O4S. The van der Waals surface area contributed by atoms with Gasteiger partial charge in [0.05, 0.1) is 11.4 Å². The van der Waals surface area contributed by atoms with Crippen molar-refractivity contribution >= 4 is 21.8 Å². The molecule has 0 spiro atoms. The van der Waals surface area contributed by atoms with E-state index in [-0.39, 0.29) is 41.3 Å². The Bertz CT molecular complexity index is 843. The van der Waals surface area contributed by atoms with Crippen molar-refractivity contribution in [3.05, 3.63) is 29.8 Å². The van der Waals surface area contributed by atoms with E-state index in [1.54, 1.807) is 12.1 Å². The Labute approximate surface area is 167 Å². The predicted molar refractivity (Wildman–Crippen MR) is 106 cm³/mol. The lowest BCUT2D eigenvalue weighted by atomic mass is 9.87. The Kier molecular flexibility index (Phi) is 5.82. The second kappa shape index (κ2) is 7.83. The molecule has 2 aliphatic heterocycles. The van der Waals surface area contributed by atoms with Crippen molar-refractivity contribution in [3.63, 3.8) is 0 Å². The van der Waals surface area contributed by atoms with Crippen LogP contribution in [0.25, 0.3) is 0 Å². The van der Waals surface area contributed by atoms with Crippen LogP contribution >= 0.6 is 0 Å². The van der Waals surface area contributed by atoms with Crippen LogP contribution in [0.2, 0.25) is 0 Å². The molecule has 0 aliphatic carbocycles. The van der Waals surface area contributed by atoms with Gasteiger partial charge in [0.2, 0.25) is 15.9 Å². The smallest absolute Gasteiger partial charge is 0.254 e. The van der Waals surface area contributed by atoms with E-state index in [9.17, 15) is 18.0 Å². The fourth-order valence-electron chi connectivity index (χ4n) is 3.93. The van der Waals surface area contributed by atoms with E-state index in [2.05, 4.69) is 26.1 Å². The van der Waals surface area contributed by atoms with E-state index in [4.69, 9.17) is 0 Å². The summed E-state index contributed by atoms with van der Waals surface area (Å²) >= 11 is 0. The molecule has 1 aromatic rings. The molecule has 2 aliphatic rings. The zero-order chi connectivity index (χ0) is 20.5. The summed E-state index contributed by atoms with van der Waals surface area (Å²) in [5, 5.41) is 2.62. The zero-order valence-corrected chi connectivity index (χ0v) is 17.6. The van der Waals surface area contributed by atoms with E-state index in [1.165, 1.54) is 16.4 Å². The number of benzene rings is 1. The lowest BCUT2D eigenvalue weighted by Gasteiger charge is -2.30.